The molecular weight excluding hydrogens is 456 g/mol. The predicted octanol–water partition coefficient (Wildman–Crippen LogP) is 2.20. The smallest absolute Gasteiger partial charge is 0.248 e. The highest BCUT2D eigenvalue weighted by molar-refractivity contribution is 7.89. The van der Waals surface area contributed by atoms with Crippen molar-refractivity contribution in [2.45, 2.75) is 31.1 Å². The molecule has 2 fully saturated rings. The summed E-state index contributed by atoms with van der Waals surface area (Å²) in [4.78, 5) is 38.1. The lowest BCUT2D eigenvalue weighted by atomic mass is 10.0. The number of hydrogen-bond donors (Lipinski definition) is 2. The number of rotatable bonds is 6. The first kappa shape index (κ1) is 23.9. The summed E-state index contributed by atoms with van der Waals surface area (Å²) in [5.41, 5.74) is 6.61. The third kappa shape index (κ3) is 4.97. The van der Waals surface area contributed by atoms with Gasteiger partial charge < -0.3 is 16.0 Å². The lowest BCUT2D eigenvalue weighted by molar-refractivity contribution is -0.122. The summed E-state index contributed by atoms with van der Waals surface area (Å²) in [5, 5.41) is 2.76. The lowest BCUT2D eigenvalue weighted by Crippen LogP contribution is -2.37. The SMILES string of the molecule is CC1CCN(S(=O)(=O)c2ccc(N3C[C@H](C(=O)Nc4ccc(C(N)=O)cc4)CC3=O)cc2)CC1. The molecule has 34 heavy (non-hydrogen) atoms. The Labute approximate surface area is 199 Å². The number of nitrogens with one attached hydrogen (secondary N) is 1. The number of hydrogen-bond acceptors (Lipinski definition) is 5. The van der Waals surface area contributed by atoms with E-state index in [4.69, 9.17) is 5.73 Å². The van der Waals surface area contributed by atoms with Gasteiger partial charge in [-0.2, -0.15) is 4.31 Å². The van der Waals surface area contributed by atoms with E-state index in [9.17, 15) is 22.8 Å². The minimum absolute atomic E-state index is 0.0528. The fourth-order valence-electron chi connectivity index (χ4n) is 4.27. The summed E-state index contributed by atoms with van der Waals surface area (Å²) in [5.74, 6) is -1.10. The molecule has 2 aliphatic heterocycles. The zero-order valence-electron chi connectivity index (χ0n) is 18.9. The molecule has 0 unspecified atom stereocenters. The van der Waals surface area contributed by atoms with Crippen LogP contribution >= 0.6 is 0 Å². The van der Waals surface area contributed by atoms with Gasteiger partial charge in [0.1, 0.15) is 0 Å². The molecule has 0 saturated carbocycles. The van der Waals surface area contributed by atoms with Gasteiger partial charge in [0.05, 0.1) is 10.8 Å². The Bertz CT molecular complexity index is 1190. The Hall–Kier alpha value is -3.24. The Balaban J connectivity index is 1.40. The molecule has 9 nitrogen and oxygen atoms in total. The molecule has 0 bridgehead atoms. The molecule has 180 valence electrons. The monoisotopic (exact) mass is 484 g/mol. The third-order valence-corrected chi connectivity index (χ3v) is 8.37. The van der Waals surface area contributed by atoms with Crippen molar-refractivity contribution in [3.63, 3.8) is 0 Å². The van der Waals surface area contributed by atoms with Crippen LogP contribution in [0.25, 0.3) is 0 Å². The maximum Gasteiger partial charge on any atom is 0.248 e. The van der Waals surface area contributed by atoms with Crippen LogP contribution in [0.15, 0.2) is 53.4 Å². The number of anilines is 2. The first-order valence-corrected chi connectivity index (χ1v) is 12.7. The number of piperidine rings is 1. The number of primary amides is 1. The fraction of sp³-hybridized carbons (Fsp3) is 0.375. The van der Waals surface area contributed by atoms with Crippen molar-refractivity contribution in [2.24, 2.45) is 17.6 Å². The zero-order valence-corrected chi connectivity index (χ0v) is 19.8. The Morgan fingerprint density at radius 3 is 2.21 bits per heavy atom. The summed E-state index contributed by atoms with van der Waals surface area (Å²) in [6.07, 6.45) is 1.74. The highest BCUT2D eigenvalue weighted by atomic mass is 32.2. The van der Waals surface area contributed by atoms with Crippen LogP contribution in [-0.2, 0) is 19.6 Å². The average Bonchev–Trinajstić information content (AvgIpc) is 3.21. The molecule has 0 spiro atoms. The van der Waals surface area contributed by atoms with Gasteiger partial charge in [-0.3, -0.25) is 14.4 Å². The number of sulfonamides is 1. The van der Waals surface area contributed by atoms with Crippen LogP contribution in [0, 0.1) is 11.8 Å². The van der Waals surface area contributed by atoms with E-state index in [2.05, 4.69) is 12.2 Å². The minimum Gasteiger partial charge on any atom is -0.366 e. The second-order valence-electron chi connectivity index (χ2n) is 8.92. The largest absolute Gasteiger partial charge is 0.366 e. The zero-order chi connectivity index (χ0) is 24.5. The van der Waals surface area contributed by atoms with Gasteiger partial charge in [0.15, 0.2) is 0 Å². The highest BCUT2D eigenvalue weighted by Crippen LogP contribution is 2.29. The Morgan fingerprint density at radius 2 is 1.62 bits per heavy atom. The van der Waals surface area contributed by atoms with Crippen molar-refractivity contribution >= 4 is 39.1 Å². The minimum atomic E-state index is -3.57. The van der Waals surface area contributed by atoms with Crippen LogP contribution in [0.1, 0.15) is 36.5 Å². The van der Waals surface area contributed by atoms with Gasteiger partial charge in [-0.1, -0.05) is 6.92 Å². The quantitative estimate of drug-likeness (QED) is 0.649. The third-order valence-electron chi connectivity index (χ3n) is 6.46. The number of nitrogens with two attached hydrogens (primary N) is 1. The Kier molecular flexibility index (Phi) is 6.72. The fourth-order valence-corrected chi connectivity index (χ4v) is 5.74. The van der Waals surface area contributed by atoms with E-state index >= 15 is 0 Å². The standard InChI is InChI=1S/C24H28N4O5S/c1-16-10-12-27(13-11-16)34(32,33)21-8-6-20(7-9-21)28-15-18(14-22(28)29)24(31)26-19-4-2-17(3-5-19)23(25)30/h2-9,16,18H,10-15H2,1H3,(H2,25,30)(H,26,31)/t18-/m1/s1. The average molecular weight is 485 g/mol. The van der Waals surface area contributed by atoms with Gasteiger partial charge in [-0.25, -0.2) is 8.42 Å². The number of carbonyl (C=O) groups excluding carboxylic acids is 3. The van der Waals surface area contributed by atoms with Crippen LogP contribution in [0.5, 0.6) is 0 Å². The van der Waals surface area contributed by atoms with Crippen molar-refractivity contribution in [1.29, 1.82) is 0 Å². The lowest BCUT2D eigenvalue weighted by Gasteiger charge is -2.29. The molecule has 0 aromatic heterocycles. The van der Waals surface area contributed by atoms with Gasteiger partial charge in [0.2, 0.25) is 27.7 Å². The van der Waals surface area contributed by atoms with Crippen LogP contribution in [0.3, 0.4) is 0 Å². The first-order valence-electron chi connectivity index (χ1n) is 11.3. The molecule has 10 heteroatoms. The summed E-state index contributed by atoms with van der Waals surface area (Å²) in [6, 6.07) is 12.4. The van der Waals surface area contributed by atoms with Gasteiger partial charge in [0.25, 0.3) is 0 Å². The van der Waals surface area contributed by atoms with E-state index in [0.717, 1.165) is 12.8 Å². The van der Waals surface area contributed by atoms with E-state index in [-0.39, 0.29) is 29.7 Å². The summed E-state index contributed by atoms with van der Waals surface area (Å²) in [6.45, 7) is 3.34. The molecule has 3 amide bonds. The van der Waals surface area contributed by atoms with E-state index in [0.29, 0.717) is 35.9 Å². The molecule has 2 aromatic carbocycles. The molecule has 0 radical (unpaired) electrons. The van der Waals surface area contributed by atoms with Gasteiger partial charge >= 0.3 is 0 Å². The maximum atomic E-state index is 12.9. The number of carbonyl (C=O) groups is 3. The first-order chi connectivity index (χ1) is 16.1. The van der Waals surface area contributed by atoms with Crippen LogP contribution < -0.4 is 16.0 Å². The van der Waals surface area contributed by atoms with Gasteiger partial charge in [0, 0.05) is 43.0 Å². The number of benzene rings is 2. The molecule has 2 saturated heterocycles. The molecule has 2 aliphatic rings. The molecule has 4 rings (SSSR count). The van der Waals surface area contributed by atoms with Crippen molar-refractivity contribution < 1.29 is 22.8 Å². The highest BCUT2D eigenvalue weighted by Gasteiger charge is 2.35. The number of nitrogens with zero attached hydrogens (tertiary/aromatic N) is 2. The maximum absolute atomic E-state index is 12.9. The van der Waals surface area contributed by atoms with E-state index in [1.54, 1.807) is 24.3 Å². The van der Waals surface area contributed by atoms with Crippen LogP contribution in [0.4, 0.5) is 11.4 Å². The summed E-state index contributed by atoms with van der Waals surface area (Å²) < 4.78 is 27.4. The van der Waals surface area contributed by atoms with Crippen molar-refractivity contribution in [1.82, 2.24) is 4.31 Å². The second kappa shape index (κ2) is 9.55. The molecule has 3 N–H and O–H groups in total. The molecular formula is C24H28N4O5S. The van der Waals surface area contributed by atoms with Gasteiger partial charge in [-0.15, -0.1) is 0 Å². The number of amides is 3. The molecule has 1 atom stereocenters. The molecule has 2 heterocycles. The summed E-state index contributed by atoms with van der Waals surface area (Å²) >= 11 is 0. The van der Waals surface area contributed by atoms with Crippen molar-refractivity contribution in [2.75, 3.05) is 29.9 Å². The van der Waals surface area contributed by atoms with Crippen LogP contribution in [0.2, 0.25) is 0 Å². The van der Waals surface area contributed by atoms with E-state index in [1.165, 1.54) is 33.5 Å². The van der Waals surface area contributed by atoms with Gasteiger partial charge in [-0.05, 0) is 67.3 Å². The van der Waals surface area contributed by atoms with E-state index < -0.39 is 21.8 Å². The topological polar surface area (TPSA) is 130 Å². The van der Waals surface area contributed by atoms with E-state index in [1.807, 2.05) is 0 Å². The van der Waals surface area contributed by atoms with Crippen LogP contribution in [-0.4, -0.2) is 50.1 Å². The van der Waals surface area contributed by atoms with Crippen molar-refractivity contribution in [3.05, 3.63) is 54.1 Å². The molecule has 2 aromatic rings. The molecule has 0 aliphatic carbocycles. The normalized spacial score (nSPS) is 19.9. The Morgan fingerprint density at radius 1 is 1.00 bits per heavy atom. The van der Waals surface area contributed by atoms with Crippen molar-refractivity contribution in [3.8, 4) is 0 Å². The second-order valence-corrected chi connectivity index (χ2v) is 10.9. The summed E-state index contributed by atoms with van der Waals surface area (Å²) in [7, 11) is -3.57. The predicted molar refractivity (Wildman–Crippen MR) is 128 cm³/mol.